The van der Waals surface area contributed by atoms with Crippen LogP contribution in [0.25, 0.3) is 0 Å². The van der Waals surface area contributed by atoms with Crippen molar-refractivity contribution in [2.45, 2.75) is 84.6 Å². The fourth-order valence-corrected chi connectivity index (χ4v) is 2.89. The maximum Gasteiger partial charge on any atom is 0.267 e. The molecule has 0 radical (unpaired) electrons. The van der Waals surface area contributed by atoms with Gasteiger partial charge in [0, 0.05) is 12.7 Å². The first-order valence-corrected chi connectivity index (χ1v) is 9.18. The van der Waals surface area contributed by atoms with Crippen LogP contribution in [0.15, 0.2) is 15.5 Å². The normalized spacial score (nSPS) is 11.0. The molecule has 0 amide bonds. The number of aryl methyl sites for hydroxylation is 1. The molecule has 1 aromatic heterocycles. The van der Waals surface area contributed by atoms with E-state index in [-0.39, 0.29) is 5.56 Å². The van der Waals surface area contributed by atoms with Crippen LogP contribution >= 0.6 is 15.9 Å². The van der Waals surface area contributed by atoms with Crippen molar-refractivity contribution in [2.75, 3.05) is 0 Å². The SMILES string of the molecule is CCCCCCCCCCCCn1c(C)ncc(Br)c1=O. The number of aromatic nitrogens is 2. The van der Waals surface area contributed by atoms with E-state index in [0.717, 1.165) is 18.8 Å². The van der Waals surface area contributed by atoms with Gasteiger partial charge in [0.1, 0.15) is 10.3 Å². The fourth-order valence-electron chi connectivity index (χ4n) is 2.57. The molecule has 1 rings (SSSR count). The molecule has 1 heterocycles. The summed E-state index contributed by atoms with van der Waals surface area (Å²) in [5.41, 5.74) is 0.0402. The molecule has 0 aromatic carbocycles. The van der Waals surface area contributed by atoms with Crippen LogP contribution in [0.4, 0.5) is 0 Å². The maximum atomic E-state index is 12.0. The van der Waals surface area contributed by atoms with Gasteiger partial charge in [0.15, 0.2) is 0 Å². The van der Waals surface area contributed by atoms with Gasteiger partial charge in [-0.3, -0.25) is 9.36 Å². The fraction of sp³-hybridized carbons (Fsp3) is 0.765. The molecule has 0 saturated carbocycles. The number of hydrogen-bond donors (Lipinski definition) is 0. The molecule has 0 N–H and O–H groups in total. The molecule has 21 heavy (non-hydrogen) atoms. The van der Waals surface area contributed by atoms with Gasteiger partial charge in [0.2, 0.25) is 0 Å². The summed E-state index contributed by atoms with van der Waals surface area (Å²) in [6, 6.07) is 0. The second kappa shape index (κ2) is 11.0. The van der Waals surface area contributed by atoms with Crippen LogP contribution in [0.3, 0.4) is 0 Å². The minimum Gasteiger partial charge on any atom is -0.296 e. The molecule has 0 unspecified atom stereocenters. The van der Waals surface area contributed by atoms with Crippen molar-refractivity contribution in [1.82, 2.24) is 9.55 Å². The molecule has 0 atom stereocenters. The van der Waals surface area contributed by atoms with Crippen LogP contribution in [0, 0.1) is 6.92 Å². The molecule has 0 aliphatic rings. The van der Waals surface area contributed by atoms with Gasteiger partial charge >= 0.3 is 0 Å². The van der Waals surface area contributed by atoms with Gasteiger partial charge < -0.3 is 0 Å². The molecular formula is C17H29BrN2O. The Labute approximate surface area is 137 Å². The molecule has 0 spiro atoms. The zero-order chi connectivity index (χ0) is 15.5. The smallest absolute Gasteiger partial charge is 0.267 e. The van der Waals surface area contributed by atoms with Gasteiger partial charge in [-0.05, 0) is 29.3 Å². The monoisotopic (exact) mass is 356 g/mol. The molecule has 120 valence electrons. The zero-order valence-electron chi connectivity index (χ0n) is 13.5. The third kappa shape index (κ3) is 7.25. The summed E-state index contributed by atoms with van der Waals surface area (Å²) < 4.78 is 2.33. The highest BCUT2D eigenvalue weighted by molar-refractivity contribution is 9.10. The van der Waals surface area contributed by atoms with E-state index >= 15 is 0 Å². The Morgan fingerprint density at radius 1 is 1.00 bits per heavy atom. The van der Waals surface area contributed by atoms with Crippen molar-refractivity contribution in [3.8, 4) is 0 Å². The summed E-state index contributed by atoms with van der Waals surface area (Å²) >= 11 is 3.25. The van der Waals surface area contributed by atoms with Crippen LogP contribution in [0.1, 0.15) is 77.0 Å². The summed E-state index contributed by atoms with van der Waals surface area (Å²) in [5, 5.41) is 0. The van der Waals surface area contributed by atoms with Crippen molar-refractivity contribution < 1.29 is 0 Å². The second-order valence-corrected chi connectivity index (χ2v) is 6.65. The van der Waals surface area contributed by atoms with Crippen LogP contribution in [0.5, 0.6) is 0 Å². The lowest BCUT2D eigenvalue weighted by Crippen LogP contribution is -2.24. The van der Waals surface area contributed by atoms with Crippen molar-refractivity contribution in [2.24, 2.45) is 0 Å². The number of rotatable bonds is 11. The summed E-state index contributed by atoms with van der Waals surface area (Å²) in [5.74, 6) is 0.805. The van der Waals surface area contributed by atoms with Gasteiger partial charge in [-0.15, -0.1) is 0 Å². The molecule has 3 nitrogen and oxygen atoms in total. The van der Waals surface area contributed by atoms with Gasteiger partial charge in [0.05, 0.1) is 0 Å². The first-order valence-electron chi connectivity index (χ1n) is 8.38. The van der Waals surface area contributed by atoms with Crippen LogP contribution in [-0.4, -0.2) is 9.55 Å². The van der Waals surface area contributed by atoms with E-state index in [1.807, 2.05) is 6.92 Å². The van der Waals surface area contributed by atoms with E-state index in [1.54, 1.807) is 10.8 Å². The highest BCUT2D eigenvalue weighted by Crippen LogP contribution is 2.11. The van der Waals surface area contributed by atoms with Gasteiger partial charge in [-0.25, -0.2) is 4.98 Å². The van der Waals surface area contributed by atoms with E-state index in [2.05, 4.69) is 27.8 Å². The first-order chi connectivity index (χ1) is 10.2. The van der Waals surface area contributed by atoms with Crippen molar-refractivity contribution >= 4 is 15.9 Å². The van der Waals surface area contributed by atoms with Crippen molar-refractivity contribution in [3.05, 3.63) is 26.8 Å². The zero-order valence-corrected chi connectivity index (χ0v) is 15.1. The Morgan fingerprint density at radius 2 is 1.52 bits per heavy atom. The molecule has 0 bridgehead atoms. The minimum absolute atomic E-state index is 0.0402. The van der Waals surface area contributed by atoms with Gasteiger partial charge in [-0.1, -0.05) is 64.7 Å². The van der Waals surface area contributed by atoms with Crippen LogP contribution in [-0.2, 0) is 6.54 Å². The Kier molecular flexibility index (Phi) is 9.64. The third-order valence-electron chi connectivity index (χ3n) is 3.94. The standard InChI is InChI=1S/C17H29BrN2O/c1-3-4-5-6-7-8-9-10-11-12-13-20-15(2)19-14-16(18)17(20)21/h14H,3-13H2,1-2H3. The average Bonchev–Trinajstić information content (AvgIpc) is 2.48. The van der Waals surface area contributed by atoms with Gasteiger partial charge in [-0.2, -0.15) is 0 Å². The summed E-state index contributed by atoms with van der Waals surface area (Å²) in [6.07, 6.45) is 14.7. The first kappa shape index (κ1) is 18.4. The molecular weight excluding hydrogens is 328 g/mol. The van der Waals surface area contributed by atoms with E-state index in [4.69, 9.17) is 0 Å². The van der Waals surface area contributed by atoms with E-state index < -0.39 is 0 Å². The van der Waals surface area contributed by atoms with E-state index in [1.165, 1.54) is 57.8 Å². The number of halogens is 1. The quantitative estimate of drug-likeness (QED) is 0.508. The Bertz CT molecular complexity index is 457. The largest absolute Gasteiger partial charge is 0.296 e. The highest BCUT2D eigenvalue weighted by atomic mass is 79.9. The highest BCUT2D eigenvalue weighted by Gasteiger charge is 2.04. The Morgan fingerprint density at radius 3 is 2.10 bits per heavy atom. The van der Waals surface area contributed by atoms with Crippen molar-refractivity contribution in [3.63, 3.8) is 0 Å². The lowest BCUT2D eigenvalue weighted by Gasteiger charge is -2.09. The number of unbranched alkanes of at least 4 members (excludes halogenated alkanes) is 9. The third-order valence-corrected chi connectivity index (χ3v) is 4.48. The van der Waals surface area contributed by atoms with E-state index in [0.29, 0.717) is 4.47 Å². The van der Waals surface area contributed by atoms with Crippen LogP contribution < -0.4 is 5.56 Å². The molecule has 0 aliphatic carbocycles. The maximum absolute atomic E-state index is 12.0. The lowest BCUT2D eigenvalue weighted by molar-refractivity contribution is 0.521. The average molecular weight is 357 g/mol. The lowest BCUT2D eigenvalue weighted by atomic mass is 10.1. The summed E-state index contributed by atoms with van der Waals surface area (Å²) in [4.78, 5) is 16.2. The summed E-state index contributed by atoms with van der Waals surface area (Å²) in [6.45, 7) is 4.94. The van der Waals surface area contributed by atoms with Crippen molar-refractivity contribution in [1.29, 1.82) is 0 Å². The summed E-state index contributed by atoms with van der Waals surface area (Å²) in [7, 11) is 0. The van der Waals surface area contributed by atoms with Crippen LogP contribution in [0.2, 0.25) is 0 Å². The molecule has 0 fully saturated rings. The Balaban J connectivity index is 2.10. The molecule has 0 saturated heterocycles. The van der Waals surface area contributed by atoms with E-state index in [9.17, 15) is 4.79 Å². The molecule has 0 aliphatic heterocycles. The molecule has 4 heteroatoms. The Hall–Kier alpha value is -0.640. The topological polar surface area (TPSA) is 34.9 Å². The second-order valence-electron chi connectivity index (χ2n) is 5.79. The number of nitrogens with zero attached hydrogens (tertiary/aromatic N) is 2. The predicted molar refractivity (Wildman–Crippen MR) is 92.8 cm³/mol. The van der Waals surface area contributed by atoms with Gasteiger partial charge in [0.25, 0.3) is 5.56 Å². The molecule has 1 aromatic rings. The minimum atomic E-state index is 0.0402. The predicted octanol–water partition coefficient (Wildman–Crippen LogP) is 5.24. The number of hydrogen-bond acceptors (Lipinski definition) is 2.